The second-order valence-electron chi connectivity index (χ2n) is 5.82. The Kier molecular flexibility index (Phi) is 5.16. The van der Waals surface area contributed by atoms with Crippen molar-refractivity contribution in [1.82, 2.24) is 10.1 Å². The average Bonchev–Trinajstić information content (AvgIpc) is 3.02. The minimum atomic E-state index is -0.0974. The lowest BCUT2D eigenvalue weighted by molar-refractivity contribution is -0.129. The van der Waals surface area contributed by atoms with Gasteiger partial charge in [0, 0.05) is 12.1 Å². The van der Waals surface area contributed by atoms with Crippen molar-refractivity contribution in [1.29, 1.82) is 0 Å². The SMILES string of the molecule is Cc1conc1CN(CCc1ccc2ccccc2c1)C(=O)CCl. The molecule has 24 heavy (non-hydrogen) atoms. The van der Waals surface area contributed by atoms with Crippen molar-refractivity contribution in [2.75, 3.05) is 12.4 Å². The third kappa shape index (κ3) is 3.77. The van der Waals surface area contributed by atoms with Gasteiger partial charge in [-0.3, -0.25) is 4.79 Å². The molecule has 0 bridgehead atoms. The highest BCUT2D eigenvalue weighted by Gasteiger charge is 2.16. The van der Waals surface area contributed by atoms with Gasteiger partial charge >= 0.3 is 0 Å². The summed E-state index contributed by atoms with van der Waals surface area (Å²) in [6.07, 6.45) is 2.35. The lowest BCUT2D eigenvalue weighted by atomic mass is 10.0. The first-order chi connectivity index (χ1) is 11.7. The summed E-state index contributed by atoms with van der Waals surface area (Å²) in [6, 6.07) is 14.6. The van der Waals surface area contributed by atoms with Crippen molar-refractivity contribution < 1.29 is 9.32 Å². The van der Waals surface area contributed by atoms with E-state index >= 15 is 0 Å². The molecule has 4 nitrogen and oxygen atoms in total. The van der Waals surface area contributed by atoms with Gasteiger partial charge in [-0.2, -0.15) is 0 Å². The molecule has 1 heterocycles. The Balaban J connectivity index is 1.72. The van der Waals surface area contributed by atoms with Crippen molar-refractivity contribution in [2.45, 2.75) is 19.9 Å². The summed E-state index contributed by atoms with van der Waals surface area (Å²) in [4.78, 5) is 13.8. The number of amides is 1. The fraction of sp³-hybridized carbons (Fsp3) is 0.263. The zero-order valence-electron chi connectivity index (χ0n) is 13.5. The molecule has 0 aliphatic heterocycles. The molecule has 3 rings (SSSR count). The van der Waals surface area contributed by atoms with Gasteiger partial charge in [-0.25, -0.2) is 0 Å². The predicted molar refractivity (Wildman–Crippen MR) is 95.0 cm³/mol. The van der Waals surface area contributed by atoms with Crippen LogP contribution in [0.3, 0.4) is 0 Å². The third-order valence-corrected chi connectivity index (χ3v) is 4.37. The number of alkyl halides is 1. The molecule has 1 amide bonds. The molecular formula is C19H19ClN2O2. The number of carbonyl (C=O) groups is 1. The lowest BCUT2D eigenvalue weighted by Crippen LogP contribution is -2.33. The maximum Gasteiger partial charge on any atom is 0.237 e. The van der Waals surface area contributed by atoms with Gasteiger partial charge in [0.05, 0.1) is 6.54 Å². The summed E-state index contributed by atoms with van der Waals surface area (Å²) < 4.78 is 4.95. The van der Waals surface area contributed by atoms with E-state index < -0.39 is 0 Å². The van der Waals surface area contributed by atoms with Crippen molar-refractivity contribution >= 4 is 28.3 Å². The molecule has 0 unspecified atom stereocenters. The molecule has 0 aliphatic rings. The van der Waals surface area contributed by atoms with Crippen molar-refractivity contribution in [3.05, 3.63) is 65.5 Å². The first kappa shape index (κ1) is 16.5. The average molecular weight is 343 g/mol. The monoisotopic (exact) mass is 342 g/mol. The highest BCUT2D eigenvalue weighted by atomic mass is 35.5. The Labute approximate surface area is 146 Å². The lowest BCUT2D eigenvalue weighted by Gasteiger charge is -2.21. The Hall–Kier alpha value is -2.33. The molecule has 0 aliphatic carbocycles. The number of aryl methyl sites for hydroxylation is 1. The molecule has 0 saturated heterocycles. The van der Waals surface area contributed by atoms with Crippen molar-refractivity contribution in [3.63, 3.8) is 0 Å². The highest BCUT2D eigenvalue weighted by Crippen LogP contribution is 2.17. The number of halogens is 1. The number of rotatable bonds is 6. The van der Waals surface area contributed by atoms with Crippen LogP contribution in [0.1, 0.15) is 16.8 Å². The Morgan fingerprint density at radius 2 is 2.00 bits per heavy atom. The molecule has 0 radical (unpaired) electrons. The molecule has 5 heteroatoms. The van der Waals surface area contributed by atoms with Gasteiger partial charge in [0.2, 0.25) is 5.91 Å². The van der Waals surface area contributed by atoms with Crippen LogP contribution in [0.5, 0.6) is 0 Å². The number of benzene rings is 2. The predicted octanol–water partition coefficient (Wildman–Crippen LogP) is 3.95. The van der Waals surface area contributed by atoms with Gasteiger partial charge in [-0.05, 0) is 29.7 Å². The van der Waals surface area contributed by atoms with E-state index in [4.69, 9.17) is 16.1 Å². The Morgan fingerprint density at radius 3 is 2.71 bits per heavy atom. The molecule has 0 saturated carbocycles. The van der Waals surface area contributed by atoms with E-state index in [1.807, 2.05) is 19.1 Å². The first-order valence-electron chi connectivity index (χ1n) is 7.88. The first-order valence-corrected chi connectivity index (χ1v) is 8.42. The second-order valence-corrected chi connectivity index (χ2v) is 6.09. The largest absolute Gasteiger partial charge is 0.364 e. The Bertz CT molecular complexity index is 844. The maximum atomic E-state index is 12.1. The molecule has 0 spiro atoms. The normalized spacial score (nSPS) is 10.9. The van der Waals surface area contributed by atoms with E-state index in [0.717, 1.165) is 17.7 Å². The van der Waals surface area contributed by atoms with Crippen LogP contribution in [0.15, 0.2) is 53.3 Å². The van der Waals surface area contributed by atoms with Crippen LogP contribution in [-0.2, 0) is 17.8 Å². The van der Waals surface area contributed by atoms with Gasteiger partial charge in [0.25, 0.3) is 0 Å². The van der Waals surface area contributed by atoms with Crippen LogP contribution in [0.25, 0.3) is 10.8 Å². The molecule has 2 aromatic carbocycles. The smallest absolute Gasteiger partial charge is 0.237 e. The van der Waals surface area contributed by atoms with Gasteiger partial charge < -0.3 is 9.42 Å². The molecule has 0 fully saturated rings. The quantitative estimate of drug-likeness (QED) is 0.637. The molecule has 0 N–H and O–H groups in total. The van der Waals surface area contributed by atoms with Gasteiger partial charge in [0.15, 0.2) is 0 Å². The van der Waals surface area contributed by atoms with Crippen LogP contribution >= 0.6 is 11.6 Å². The summed E-state index contributed by atoms with van der Waals surface area (Å²) >= 11 is 5.75. The van der Waals surface area contributed by atoms with Crippen LogP contribution in [0.4, 0.5) is 0 Å². The molecular weight excluding hydrogens is 324 g/mol. The van der Waals surface area contributed by atoms with Crippen molar-refractivity contribution in [3.8, 4) is 0 Å². The minimum absolute atomic E-state index is 0.0331. The van der Waals surface area contributed by atoms with E-state index in [1.54, 1.807) is 11.2 Å². The number of fused-ring (bicyclic) bond motifs is 1. The Morgan fingerprint density at radius 1 is 1.21 bits per heavy atom. The number of nitrogens with zero attached hydrogens (tertiary/aromatic N) is 2. The van der Waals surface area contributed by atoms with Gasteiger partial charge in [0.1, 0.15) is 17.8 Å². The summed E-state index contributed by atoms with van der Waals surface area (Å²) in [5.74, 6) is -0.130. The van der Waals surface area contributed by atoms with Crippen LogP contribution in [0.2, 0.25) is 0 Å². The summed E-state index contributed by atoms with van der Waals surface area (Å²) in [6.45, 7) is 2.93. The number of hydrogen-bond acceptors (Lipinski definition) is 3. The third-order valence-electron chi connectivity index (χ3n) is 4.14. The minimum Gasteiger partial charge on any atom is -0.364 e. The molecule has 3 aromatic rings. The number of hydrogen-bond donors (Lipinski definition) is 0. The van der Waals surface area contributed by atoms with E-state index in [9.17, 15) is 4.79 Å². The summed E-state index contributed by atoms with van der Waals surface area (Å²) in [5, 5.41) is 6.38. The zero-order valence-corrected chi connectivity index (χ0v) is 14.3. The molecule has 0 atom stereocenters. The standard InChI is InChI=1S/C19H19ClN2O2/c1-14-13-24-21-18(14)12-22(19(23)11-20)9-8-15-6-7-16-4-2-3-5-17(16)10-15/h2-7,10,13H,8-9,11-12H2,1H3. The zero-order chi connectivity index (χ0) is 16.9. The topological polar surface area (TPSA) is 46.3 Å². The van der Waals surface area contributed by atoms with E-state index in [0.29, 0.717) is 13.1 Å². The van der Waals surface area contributed by atoms with Crippen LogP contribution in [0, 0.1) is 6.92 Å². The molecule has 124 valence electrons. The number of aromatic nitrogens is 1. The van der Waals surface area contributed by atoms with Crippen LogP contribution < -0.4 is 0 Å². The van der Waals surface area contributed by atoms with E-state index in [2.05, 4.69) is 35.5 Å². The van der Waals surface area contributed by atoms with Gasteiger partial charge in [-0.15, -0.1) is 11.6 Å². The summed E-state index contributed by atoms with van der Waals surface area (Å²) in [7, 11) is 0. The summed E-state index contributed by atoms with van der Waals surface area (Å²) in [5.41, 5.74) is 2.90. The second kappa shape index (κ2) is 7.49. The van der Waals surface area contributed by atoms with Gasteiger partial charge in [-0.1, -0.05) is 47.6 Å². The highest BCUT2D eigenvalue weighted by molar-refractivity contribution is 6.27. The van der Waals surface area contributed by atoms with E-state index in [1.165, 1.54) is 16.3 Å². The fourth-order valence-electron chi connectivity index (χ4n) is 2.68. The number of carbonyl (C=O) groups excluding carboxylic acids is 1. The maximum absolute atomic E-state index is 12.1. The van der Waals surface area contributed by atoms with E-state index in [-0.39, 0.29) is 11.8 Å². The fourth-order valence-corrected chi connectivity index (χ4v) is 2.85. The molecule has 1 aromatic heterocycles. The van der Waals surface area contributed by atoms with Crippen LogP contribution in [-0.4, -0.2) is 28.4 Å². The van der Waals surface area contributed by atoms with Crippen molar-refractivity contribution in [2.24, 2.45) is 0 Å².